The molecule has 4 bridgehead atoms. The first kappa shape index (κ1) is 34.0. The summed E-state index contributed by atoms with van der Waals surface area (Å²) in [5.41, 5.74) is 7.59. The van der Waals surface area contributed by atoms with Crippen LogP contribution in [-0.4, -0.2) is 112 Å². The molecule has 7 aliphatic rings. The number of nitrogens with zero attached hydrogens (tertiary/aromatic N) is 4. The van der Waals surface area contributed by atoms with Crippen molar-refractivity contribution in [2.75, 3.05) is 19.6 Å². The second kappa shape index (κ2) is 13.7. The Hall–Kier alpha value is -2.48. The lowest BCUT2D eigenvalue weighted by Gasteiger charge is -2.60. The monoisotopic (exact) mass is 673 g/mol. The molecule has 268 valence electrons. The minimum absolute atomic E-state index is 0.0589. The number of carbonyl (C=O) groups is 2. The van der Waals surface area contributed by atoms with Gasteiger partial charge >= 0.3 is 6.03 Å². The zero-order valence-electron chi connectivity index (χ0n) is 29.1. The Bertz CT molecular complexity index is 1250. The van der Waals surface area contributed by atoms with Gasteiger partial charge < -0.3 is 25.9 Å². The van der Waals surface area contributed by atoms with E-state index in [1.807, 2.05) is 27.9 Å². The molecular weight excluding hydrogens is 616 g/mol. The van der Waals surface area contributed by atoms with Gasteiger partial charge in [0.1, 0.15) is 12.3 Å². The van der Waals surface area contributed by atoms with E-state index >= 15 is 8.78 Å². The Kier molecular flexibility index (Phi) is 9.68. The predicted octanol–water partition coefficient (Wildman–Crippen LogP) is 2.95. The molecule has 5 N–H and O–H groups in total. The summed E-state index contributed by atoms with van der Waals surface area (Å²) >= 11 is 0. The van der Waals surface area contributed by atoms with Gasteiger partial charge in [-0.15, -0.1) is 5.53 Å². The van der Waals surface area contributed by atoms with Crippen LogP contribution < -0.4 is 26.9 Å². The first-order valence-electron chi connectivity index (χ1n) is 18.6. The Balaban J connectivity index is 1.29. The Labute approximate surface area is 284 Å². The van der Waals surface area contributed by atoms with Crippen LogP contribution in [0.3, 0.4) is 0 Å². The van der Waals surface area contributed by atoms with E-state index in [0.717, 1.165) is 50.8 Å². The number of piperidine rings is 1. The van der Waals surface area contributed by atoms with Crippen molar-refractivity contribution in [3.63, 3.8) is 0 Å². The highest BCUT2D eigenvalue weighted by atomic mass is 19.1. The Morgan fingerprint density at radius 1 is 1.04 bits per heavy atom. The Morgan fingerprint density at radius 3 is 2.60 bits per heavy atom. The normalized spacial score (nSPS) is 43.7. The van der Waals surface area contributed by atoms with Crippen LogP contribution in [-0.2, 0) is 4.79 Å². The molecule has 2 aliphatic carbocycles. The van der Waals surface area contributed by atoms with E-state index in [9.17, 15) is 9.59 Å². The lowest BCUT2D eigenvalue weighted by molar-refractivity contribution is -0.137. The molecule has 0 spiro atoms. The molecule has 3 amide bonds. The highest BCUT2D eigenvalue weighted by molar-refractivity contribution is 5.87. The number of halogens is 2. The fraction of sp³-hybridized carbons (Fsp3) is 0.829. The number of piperazine rings is 1. The maximum Gasteiger partial charge on any atom is 0.320 e. The topological polar surface area (TPSA) is 107 Å². The van der Waals surface area contributed by atoms with Crippen LogP contribution in [0.15, 0.2) is 24.6 Å². The van der Waals surface area contributed by atoms with E-state index in [4.69, 9.17) is 0 Å². The maximum atomic E-state index is 16.9. The molecule has 0 radical (unpaired) electrons. The third-order valence-corrected chi connectivity index (χ3v) is 12.9. The van der Waals surface area contributed by atoms with Crippen LogP contribution in [0.5, 0.6) is 0 Å². The molecule has 5 aliphatic heterocycles. The molecule has 5 fully saturated rings. The van der Waals surface area contributed by atoms with Crippen LogP contribution in [0, 0.1) is 23.7 Å². The molecule has 3 saturated heterocycles. The average molecular weight is 674 g/mol. The van der Waals surface area contributed by atoms with Crippen molar-refractivity contribution in [3.05, 3.63) is 24.6 Å². The molecular formula is C35H57F2N9O2. The number of fused-ring (bicyclic) bond motifs is 7. The molecule has 0 aromatic heterocycles. The lowest BCUT2D eigenvalue weighted by atomic mass is 9.70. The van der Waals surface area contributed by atoms with Crippen LogP contribution >= 0.6 is 0 Å². The van der Waals surface area contributed by atoms with E-state index in [1.54, 1.807) is 0 Å². The number of hydrogen-bond donors (Lipinski definition) is 5. The number of carbonyl (C=O) groups excluding carboxylic acids is 2. The van der Waals surface area contributed by atoms with Gasteiger partial charge in [-0.05, 0) is 70.3 Å². The third kappa shape index (κ3) is 6.00. The van der Waals surface area contributed by atoms with Gasteiger partial charge in [0.25, 0.3) is 0 Å². The summed E-state index contributed by atoms with van der Waals surface area (Å²) in [6.45, 7) is 14.1. The quantitative estimate of drug-likeness (QED) is 0.292. The number of hydrogen-bond acceptors (Lipinski definition) is 8. The summed E-state index contributed by atoms with van der Waals surface area (Å²) in [6.07, 6.45) is 6.03. The van der Waals surface area contributed by atoms with Crippen molar-refractivity contribution in [2.45, 2.75) is 140 Å². The number of hydrazine groups is 2. The first-order valence-corrected chi connectivity index (χ1v) is 18.6. The highest BCUT2D eigenvalue weighted by Crippen LogP contribution is 2.44. The zero-order chi connectivity index (χ0) is 33.9. The largest absolute Gasteiger partial charge is 0.334 e. The van der Waals surface area contributed by atoms with Gasteiger partial charge in [0.05, 0.1) is 24.4 Å². The van der Waals surface area contributed by atoms with Crippen molar-refractivity contribution in [2.24, 2.45) is 23.7 Å². The fourth-order valence-corrected chi connectivity index (χ4v) is 10.5. The van der Waals surface area contributed by atoms with Crippen molar-refractivity contribution < 1.29 is 18.4 Å². The van der Waals surface area contributed by atoms with Crippen molar-refractivity contribution >= 4 is 11.9 Å². The van der Waals surface area contributed by atoms with E-state index in [0.29, 0.717) is 25.4 Å². The summed E-state index contributed by atoms with van der Waals surface area (Å²) < 4.78 is 33.2. The summed E-state index contributed by atoms with van der Waals surface area (Å²) in [7, 11) is 0. The van der Waals surface area contributed by atoms with Crippen LogP contribution in [0.4, 0.5) is 13.6 Å². The van der Waals surface area contributed by atoms with Gasteiger partial charge in [-0.1, -0.05) is 26.8 Å². The van der Waals surface area contributed by atoms with Crippen molar-refractivity contribution in [1.82, 2.24) is 46.6 Å². The van der Waals surface area contributed by atoms with E-state index in [-0.39, 0.29) is 60.4 Å². The summed E-state index contributed by atoms with van der Waals surface area (Å²) in [5, 5.41) is 12.9. The standard InChI is InChI=1S/C35H57F2N9O2/c1-6-29(47)43-16-21(5)44(17-20(43)4)33-24-15-26(37)31-30-25(36)10-8-12-28(30)45-18-22(41-42-45)13-14-38-27-11-7-9-23(19(2)3)32(27)46(34(24)39-31)35(48)40-33/h6,18-21,23-28,30-34,38-39,41-42H,1,7-17H2,2-5H3,(H,40,48)/t20-,21+,23?,24?,25?,26?,27?,28?,30?,31?,32?,33?,34?/m1/s1. The molecule has 13 heteroatoms. The van der Waals surface area contributed by atoms with Crippen LogP contribution in [0.1, 0.15) is 79.1 Å². The predicted molar refractivity (Wildman–Crippen MR) is 180 cm³/mol. The summed E-state index contributed by atoms with van der Waals surface area (Å²) in [5.74, 6) is -0.344. The molecule has 5 heterocycles. The number of amides is 3. The van der Waals surface area contributed by atoms with Gasteiger partial charge in [-0.3, -0.25) is 20.0 Å². The van der Waals surface area contributed by atoms with Gasteiger partial charge in [0, 0.05) is 74.0 Å². The highest BCUT2D eigenvalue weighted by Gasteiger charge is 2.58. The van der Waals surface area contributed by atoms with E-state index in [2.05, 4.69) is 59.2 Å². The fourth-order valence-electron chi connectivity index (χ4n) is 10.5. The number of rotatable bonds is 3. The van der Waals surface area contributed by atoms with E-state index in [1.165, 1.54) is 6.08 Å². The molecule has 2 saturated carbocycles. The molecule has 0 aromatic carbocycles. The molecule has 0 aromatic rings. The number of urea groups is 1. The smallest absolute Gasteiger partial charge is 0.320 e. The Morgan fingerprint density at radius 2 is 1.83 bits per heavy atom. The number of alkyl halides is 2. The van der Waals surface area contributed by atoms with Crippen LogP contribution in [0.2, 0.25) is 0 Å². The molecule has 11 nitrogen and oxygen atoms in total. The van der Waals surface area contributed by atoms with Crippen molar-refractivity contribution in [1.29, 1.82) is 0 Å². The van der Waals surface area contributed by atoms with Gasteiger partial charge in [0.2, 0.25) is 5.91 Å². The first-order chi connectivity index (χ1) is 23.1. The SMILES string of the molecule is C=CC(=O)N1C[C@H](C)N(C2NC(=O)N3C4NC(C(F)CC42)C2C(F)CCCC2N2C=C(CCNC4CCCC(C(C)C)C43)NN2)C[C@H]1C. The molecule has 48 heavy (non-hydrogen) atoms. The summed E-state index contributed by atoms with van der Waals surface area (Å²) in [6, 6.07) is -1.28. The molecule has 13 atom stereocenters. The average Bonchev–Trinajstić information content (AvgIpc) is 3.53. The van der Waals surface area contributed by atoms with Crippen LogP contribution in [0.25, 0.3) is 0 Å². The molecule has 11 unspecified atom stereocenters. The third-order valence-electron chi connectivity index (χ3n) is 12.9. The second-order valence-corrected chi connectivity index (χ2v) is 16.0. The maximum absolute atomic E-state index is 16.9. The van der Waals surface area contributed by atoms with Gasteiger partial charge in [-0.2, -0.15) is 0 Å². The lowest BCUT2D eigenvalue weighted by Crippen LogP contribution is -2.80. The van der Waals surface area contributed by atoms with Crippen molar-refractivity contribution in [3.8, 4) is 0 Å². The second-order valence-electron chi connectivity index (χ2n) is 16.0. The minimum Gasteiger partial charge on any atom is -0.334 e. The number of nitrogens with one attached hydrogen (secondary N) is 5. The van der Waals surface area contributed by atoms with E-state index < -0.39 is 36.6 Å². The zero-order valence-corrected chi connectivity index (χ0v) is 29.1. The van der Waals surface area contributed by atoms with Gasteiger partial charge in [0.15, 0.2) is 0 Å². The summed E-state index contributed by atoms with van der Waals surface area (Å²) in [4.78, 5) is 33.5. The van der Waals surface area contributed by atoms with Gasteiger partial charge in [-0.25, -0.2) is 13.6 Å². The molecule has 7 rings (SSSR count). The minimum atomic E-state index is -1.29.